The lowest BCUT2D eigenvalue weighted by atomic mass is 9.94. The fourth-order valence-corrected chi connectivity index (χ4v) is 5.07. The zero-order valence-corrected chi connectivity index (χ0v) is 17.2. The Bertz CT molecular complexity index is 696. The molecule has 7 nitrogen and oxygen atoms in total. The van der Waals surface area contributed by atoms with Crippen LogP contribution >= 0.6 is 0 Å². The molecule has 1 aliphatic heterocycles. The Balaban J connectivity index is 1.92. The molecule has 0 radical (unpaired) electrons. The number of methoxy groups -OCH3 is 1. The molecule has 1 saturated heterocycles. The lowest BCUT2D eigenvalue weighted by Gasteiger charge is -2.34. The molecular weight excluding hydrogens is 366 g/mol. The summed E-state index contributed by atoms with van der Waals surface area (Å²) in [6.07, 6.45) is 1.05. The van der Waals surface area contributed by atoms with Crippen molar-refractivity contribution in [1.29, 1.82) is 0 Å². The average Bonchev–Trinajstić information content (AvgIpc) is 2.63. The molecule has 1 fully saturated rings. The topological polar surface area (TPSA) is 87.7 Å². The van der Waals surface area contributed by atoms with Gasteiger partial charge in [0.2, 0.25) is 10.0 Å². The Kier molecular flexibility index (Phi) is 8.22. The fourth-order valence-electron chi connectivity index (χ4n) is 3.40. The van der Waals surface area contributed by atoms with Gasteiger partial charge >= 0.3 is 0 Å². The molecule has 2 unspecified atom stereocenters. The molecule has 1 aromatic rings. The van der Waals surface area contributed by atoms with E-state index in [1.807, 2.05) is 0 Å². The molecule has 8 heteroatoms. The molecule has 2 atom stereocenters. The maximum Gasteiger partial charge on any atom is 0.251 e. The fraction of sp³-hybridized carbons (Fsp3) is 0.632. The smallest absolute Gasteiger partial charge is 0.251 e. The van der Waals surface area contributed by atoms with Gasteiger partial charge in [-0.2, -0.15) is 4.31 Å². The largest absolute Gasteiger partial charge is 0.383 e. The third-order valence-electron chi connectivity index (χ3n) is 4.66. The van der Waals surface area contributed by atoms with Gasteiger partial charge in [0, 0.05) is 45.4 Å². The van der Waals surface area contributed by atoms with Crippen LogP contribution in [0.5, 0.6) is 0 Å². The number of amides is 1. The molecule has 0 saturated carbocycles. The standard InChI is InChI=1S/C19H31N3O4S/c1-15-12-16(2)14-22(13-15)27(24,25)18-6-4-17(5-7-18)19(23)21-9-8-20-10-11-26-3/h4-7,15-16,20H,8-14H2,1-3H3,(H,21,23). The summed E-state index contributed by atoms with van der Waals surface area (Å²) in [5.74, 6) is 0.491. The van der Waals surface area contributed by atoms with Crippen molar-refractivity contribution in [2.45, 2.75) is 25.2 Å². The van der Waals surface area contributed by atoms with Gasteiger partial charge in [0.1, 0.15) is 0 Å². The lowest BCUT2D eigenvalue weighted by Crippen LogP contribution is -2.42. The van der Waals surface area contributed by atoms with Crippen LogP contribution in [0, 0.1) is 11.8 Å². The summed E-state index contributed by atoms with van der Waals surface area (Å²) in [7, 11) is -1.88. The highest BCUT2D eigenvalue weighted by molar-refractivity contribution is 7.89. The number of hydrogen-bond donors (Lipinski definition) is 2. The second-order valence-electron chi connectivity index (χ2n) is 7.29. The third kappa shape index (κ3) is 6.27. The highest BCUT2D eigenvalue weighted by Crippen LogP contribution is 2.26. The average molecular weight is 398 g/mol. The lowest BCUT2D eigenvalue weighted by molar-refractivity contribution is 0.0953. The van der Waals surface area contributed by atoms with Crippen molar-refractivity contribution in [2.24, 2.45) is 11.8 Å². The van der Waals surface area contributed by atoms with E-state index < -0.39 is 10.0 Å². The molecule has 1 heterocycles. The number of piperidine rings is 1. The molecule has 27 heavy (non-hydrogen) atoms. The van der Waals surface area contributed by atoms with Crippen molar-refractivity contribution in [3.05, 3.63) is 29.8 Å². The molecular formula is C19H31N3O4S. The van der Waals surface area contributed by atoms with E-state index in [-0.39, 0.29) is 10.8 Å². The molecule has 2 rings (SSSR count). The Hall–Kier alpha value is -1.48. The number of rotatable bonds is 9. The van der Waals surface area contributed by atoms with Gasteiger partial charge in [-0.05, 0) is 42.5 Å². The molecule has 0 aromatic heterocycles. The minimum absolute atomic E-state index is 0.215. The summed E-state index contributed by atoms with van der Waals surface area (Å²) < 4.78 is 32.2. The van der Waals surface area contributed by atoms with E-state index in [9.17, 15) is 13.2 Å². The number of nitrogens with zero attached hydrogens (tertiary/aromatic N) is 1. The van der Waals surface area contributed by atoms with Gasteiger partial charge in [0.25, 0.3) is 5.91 Å². The van der Waals surface area contributed by atoms with E-state index in [4.69, 9.17) is 4.74 Å². The van der Waals surface area contributed by atoms with Crippen LogP contribution in [-0.2, 0) is 14.8 Å². The summed E-state index contributed by atoms with van der Waals surface area (Å²) in [6.45, 7) is 7.74. The van der Waals surface area contributed by atoms with Crippen LogP contribution in [0.4, 0.5) is 0 Å². The van der Waals surface area contributed by atoms with Crippen molar-refractivity contribution in [3.8, 4) is 0 Å². The number of carbonyl (C=O) groups is 1. The first-order chi connectivity index (χ1) is 12.8. The normalized spacial score (nSPS) is 21.1. The van der Waals surface area contributed by atoms with Crippen molar-refractivity contribution in [2.75, 3.05) is 46.4 Å². The van der Waals surface area contributed by atoms with Crippen LogP contribution < -0.4 is 10.6 Å². The van der Waals surface area contributed by atoms with Gasteiger partial charge in [-0.15, -0.1) is 0 Å². The van der Waals surface area contributed by atoms with Crippen molar-refractivity contribution < 1.29 is 17.9 Å². The van der Waals surface area contributed by atoms with Gasteiger partial charge in [0.05, 0.1) is 11.5 Å². The molecule has 152 valence electrons. The Morgan fingerprint density at radius 1 is 1.11 bits per heavy atom. The number of benzene rings is 1. The molecule has 1 amide bonds. The molecule has 1 aliphatic rings. The van der Waals surface area contributed by atoms with Crippen LogP contribution in [0.25, 0.3) is 0 Å². The predicted octanol–water partition coefficient (Wildman–Crippen LogP) is 1.32. The van der Waals surface area contributed by atoms with Crippen LogP contribution in [0.1, 0.15) is 30.6 Å². The summed E-state index contributed by atoms with van der Waals surface area (Å²) in [5, 5.41) is 5.95. The Labute approximate surface area is 162 Å². The van der Waals surface area contributed by atoms with Crippen molar-refractivity contribution in [3.63, 3.8) is 0 Å². The predicted molar refractivity (Wildman–Crippen MR) is 105 cm³/mol. The second kappa shape index (κ2) is 10.2. The first-order valence-corrected chi connectivity index (χ1v) is 10.9. The Morgan fingerprint density at radius 3 is 2.33 bits per heavy atom. The van der Waals surface area contributed by atoms with E-state index in [1.54, 1.807) is 23.5 Å². The maximum absolute atomic E-state index is 12.9. The zero-order valence-electron chi connectivity index (χ0n) is 16.4. The summed E-state index contributed by atoms with van der Waals surface area (Å²) in [6, 6.07) is 6.17. The van der Waals surface area contributed by atoms with Crippen molar-refractivity contribution in [1.82, 2.24) is 14.9 Å². The van der Waals surface area contributed by atoms with Crippen LogP contribution in [0.3, 0.4) is 0 Å². The number of sulfonamides is 1. The summed E-state index contributed by atoms with van der Waals surface area (Å²) >= 11 is 0. The number of ether oxygens (including phenoxy) is 1. The number of carbonyl (C=O) groups excluding carboxylic acids is 1. The van der Waals surface area contributed by atoms with E-state index >= 15 is 0 Å². The Morgan fingerprint density at radius 2 is 1.74 bits per heavy atom. The quantitative estimate of drug-likeness (QED) is 0.614. The molecule has 0 aliphatic carbocycles. The molecule has 1 aromatic carbocycles. The SMILES string of the molecule is COCCNCCNC(=O)c1ccc(S(=O)(=O)N2CC(C)CC(C)C2)cc1. The van der Waals surface area contributed by atoms with Gasteiger partial charge in [-0.25, -0.2) is 8.42 Å². The first-order valence-electron chi connectivity index (χ1n) is 9.42. The molecule has 2 N–H and O–H groups in total. The van der Waals surface area contributed by atoms with Gasteiger partial charge in [0.15, 0.2) is 0 Å². The second-order valence-corrected chi connectivity index (χ2v) is 9.23. The summed E-state index contributed by atoms with van der Waals surface area (Å²) in [5.41, 5.74) is 0.450. The van der Waals surface area contributed by atoms with Crippen LogP contribution in [0.2, 0.25) is 0 Å². The minimum Gasteiger partial charge on any atom is -0.383 e. The maximum atomic E-state index is 12.9. The first kappa shape index (κ1) is 21.8. The number of hydrogen-bond acceptors (Lipinski definition) is 5. The van der Waals surface area contributed by atoms with Gasteiger partial charge < -0.3 is 15.4 Å². The zero-order chi connectivity index (χ0) is 19.9. The summed E-state index contributed by atoms with van der Waals surface area (Å²) in [4.78, 5) is 12.4. The molecule has 0 spiro atoms. The van der Waals surface area contributed by atoms with Crippen LogP contribution in [0.15, 0.2) is 29.2 Å². The molecule has 0 bridgehead atoms. The monoisotopic (exact) mass is 397 g/mol. The third-order valence-corrected chi connectivity index (χ3v) is 6.51. The van der Waals surface area contributed by atoms with Gasteiger partial charge in [-0.1, -0.05) is 13.8 Å². The van der Waals surface area contributed by atoms with Crippen LogP contribution in [-0.4, -0.2) is 65.1 Å². The highest BCUT2D eigenvalue weighted by Gasteiger charge is 2.31. The van der Waals surface area contributed by atoms with E-state index in [0.29, 0.717) is 50.2 Å². The van der Waals surface area contributed by atoms with Gasteiger partial charge in [-0.3, -0.25) is 4.79 Å². The number of nitrogens with one attached hydrogen (secondary N) is 2. The highest BCUT2D eigenvalue weighted by atomic mass is 32.2. The van der Waals surface area contributed by atoms with E-state index in [2.05, 4.69) is 24.5 Å². The van der Waals surface area contributed by atoms with E-state index in [1.165, 1.54) is 12.1 Å². The van der Waals surface area contributed by atoms with E-state index in [0.717, 1.165) is 13.0 Å². The van der Waals surface area contributed by atoms with Crippen molar-refractivity contribution >= 4 is 15.9 Å². The minimum atomic E-state index is -3.52.